The van der Waals surface area contributed by atoms with E-state index in [1.807, 2.05) is 24.3 Å². The molecule has 0 spiro atoms. The SMILES string of the molecule is C#Cc1cnc2ccc(OC(C)C(=S)NC(C)(C#N)CO)cc2c1. The number of thiocarbonyl (C=S) groups is 1. The quantitative estimate of drug-likeness (QED) is 0.642. The Balaban J connectivity index is 2.15. The Bertz CT molecular complexity index is 853. The molecule has 2 unspecified atom stereocenters. The molecule has 2 rings (SSSR count). The van der Waals surface area contributed by atoms with Crippen molar-refractivity contribution in [3.05, 3.63) is 36.0 Å². The van der Waals surface area contributed by atoms with Gasteiger partial charge in [-0.15, -0.1) is 6.42 Å². The maximum absolute atomic E-state index is 9.26. The van der Waals surface area contributed by atoms with Gasteiger partial charge in [-0.1, -0.05) is 18.1 Å². The number of nitrogens with zero attached hydrogens (tertiary/aromatic N) is 2. The largest absolute Gasteiger partial charge is 0.484 e. The first kappa shape index (κ1) is 17.7. The second-order valence-electron chi connectivity index (χ2n) is 5.57. The molecule has 0 aliphatic carbocycles. The molecular weight excluding hydrogens is 322 g/mol. The maximum atomic E-state index is 9.26. The fraction of sp³-hybridized carbons (Fsp3) is 0.278. The number of aliphatic hydroxyl groups is 1. The molecule has 0 saturated carbocycles. The van der Waals surface area contributed by atoms with Crippen molar-refractivity contribution in [2.24, 2.45) is 0 Å². The average Bonchev–Trinajstić information content (AvgIpc) is 2.60. The van der Waals surface area contributed by atoms with Gasteiger partial charge in [-0.2, -0.15) is 5.26 Å². The Morgan fingerprint density at radius 3 is 2.92 bits per heavy atom. The lowest BCUT2D eigenvalue weighted by molar-refractivity contribution is 0.223. The van der Waals surface area contributed by atoms with Crippen LogP contribution in [0.15, 0.2) is 30.5 Å². The van der Waals surface area contributed by atoms with Gasteiger partial charge in [0.25, 0.3) is 0 Å². The van der Waals surface area contributed by atoms with Gasteiger partial charge in [0.2, 0.25) is 0 Å². The van der Waals surface area contributed by atoms with Crippen molar-refractivity contribution in [3.63, 3.8) is 0 Å². The number of benzene rings is 1. The molecule has 2 atom stereocenters. The molecule has 1 aromatic carbocycles. The van der Waals surface area contributed by atoms with Gasteiger partial charge >= 0.3 is 0 Å². The molecule has 0 radical (unpaired) electrons. The molecule has 0 aliphatic rings. The smallest absolute Gasteiger partial charge is 0.146 e. The van der Waals surface area contributed by atoms with Crippen LogP contribution in [-0.4, -0.2) is 33.3 Å². The van der Waals surface area contributed by atoms with E-state index in [0.717, 1.165) is 10.9 Å². The van der Waals surface area contributed by atoms with E-state index in [1.54, 1.807) is 26.1 Å². The van der Waals surface area contributed by atoms with Gasteiger partial charge in [-0.25, -0.2) is 0 Å². The highest BCUT2D eigenvalue weighted by Crippen LogP contribution is 2.21. The number of aliphatic hydroxyl groups excluding tert-OH is 1. The summed E-state index contributed by atoms with van der Waals surface area (Å²) in [5, 5.41) is 22.0. The average molecular weight is 339 g/mol. The summed E-state index contributed by atoms with van der Waals surface area (Å²) in [7, 11) is 0. The highest BCUT2D eigenvalue weighted by Gasteiger charge is 2.25. The Morgan fingerprint density at radius 1 is 1.54 bits per heavy atom. The second kappa shape index (κ2) is 7.27. The molecule has 0 amide bonds. The zero-order valence-electron chi connectivity index (χ0n) is 13.4. The topological polar surface area (TPSA) is 78.2 Å². The lowest BCUT2D eigenvalue weighted by Crippen LogP contribution is -2.51. The van der Waals surface area contributed by atoms with Gasteiger partial charge in [-0.3, -0.25) is 4.98 Å². The fourth-order valence-corrected chi connectivity index (χ4v) is 2.27. The van der Waals surface area contributed by atoms with E-state index in [1.165, 1.54) is 0 Å². The first-order valence-corrected chi connectivity index (χ1v) is 7.69. The van der Waals surface area contributed by atoms with Gasteiger partial charge in [0.15, 0.2) is 0 Å². The number of hydrogen-bond acceptors (Lipinski definition) is 5. The molecule has 5 nitrogen and oxygen atoms in total. The van der Waals surface area contributed by atoms with Gasteiger partial charge in [0, 0.05) is 17.1 Å². The predicted octanol–water partition coefficient (Wildman–Crippen LogP) is 2.17. The summed E-state index contributed by atoms with van der Waals surface area (Å²) in [6, 6.07) is 9.30. The van der Waals surface area contributed by atoms with Gasteiger partial charge in [0.05, 0.1) is 18.2 Å². The molecule has 0 bridgehead atoms. The van der Waals surface area contributed by atoms with E-state index in [-0.39, 0.29) is 6.61 Å². The number of hydrogen-bond donors (Lipinski definition) is 2. The number of nitrogens with one attached hydrogen (secondary N) is 1. The van der Waals surface area contributed by atoms with Gasteiger partial charge in [0.1, 0.15) is 22.4 Å². The van der Waals surface area contributed by atoms with E-state index < -0.39 is 11.6 Å². The number of nitriles is 1. The predicted molar refractivity (Wildman–Crippen MR) is 96.6 cm³/mol. The van der Waals surface area contributed by atoms with Crippen molar-refractivity contribution in [3.8, 4) is 24.2 Å². The number of fused-ring (bicyclic) bond motifs is 1. The number of pyridine rings is 1. The van der Waals surface area contributed by atoms with Crippen LogP contribution < -0.4 is 10.1 Å². The van der Waals surface area contributed by atoms with Crippen LogP contribution in [0.25, 0.3) is 10.9 Å². The summed E-state index contributed by atoms with van der Waals surface area (Å²) in [6.07, 6.45) is 6.56. The third-order valence-electron chi connectivity index (χ3n) is 3.46. The van der Waals surface area contributed by atoms with Crippen molar-refractivity contribution in [2.75, 3.05) is 6.61 Å². The Labute approximate surface area is 146 Å². The third kappa shape index (κ3) is 3.99. The third-order valence-corrected chi connectivity index (χ3v) is 3.90. The van der Waals surface area contributed by atoms with Crippen molar-refractivity contribution in [1.29, 1.82) is 5.26 Å². The molecule has 6 heteroatoms. The number of rotatable bonds is 5. The molecule has 1 heterocycles. The minimum atomic E-state index is -1.14. The summed E-state index contributed by atoms with van der Waals surface area (Å²) >= 11 is 5.25. The van der Waals surface area contributed by atoms with Gasteiger partial charge < -0.3 is 15.2 Å². The minimum absolute atomic E-state index is 0.337. The van der Waals surface area contributed by atoms with Crippen LogP contribution in [-0.2, 0) is 0 Å². The zero-order chi connectivity index (χ0) is 17.7. The summed E-state index contributed by atoms with van der Waals surface area (Å²) in [6.45, 7) is 2.98. The van der Waals surface area contributed by atoms with Crippen molar-refractivity contribution in [2.45, 2.75) is 25.5 Å². The van der Waals surface area contributed by atoms with Crippen LogP contribution in [0.5, 0.6) is 5.75 Å². The molecule has 0 fully saturated rings. The molecular formula is C18H17N3O2S. The standard InChI is InChI=1S/C18H17N3O2S/c1-4-13-7-14-8-15(5-6-16(14)20-9-13)23-12(2)17(24)21-18(3,10-19)11-22/h1,5-9,12,22H,11H2,2-3H3,(H,21,24). The monoisotopic (exact) mass is 339 g/mol. The van der Waals surface area contributed by atoms with E-state index in [2.05, 4.69) is 16.2 Å². The second-order valence-corrected chi connectivity index (χ2v) is 6.01. The minimum Gasteiger partial charge on any atom is -0.484 e. The summed E-state index contributed by atoms with van der Waals surface area (Å²) in [5.41, 5.74) is 0.369. The van der Waals surface area contributed by atoms with Crippen LogP contribution >= 0.6 is 12.2 Å². The molecule has 0 saturated heterocycles. The van der Waals surface area contributed by atoms with Crippen LogP contribution in [0.2, 0.25) is 0 Å². The molecule has 24 heavy (non-hydrogen) atoms. The van der Waals surface area contributed by atoms with Crippen molar-refractivity contribution in [1.82, 2.24) is 10.3 Å². The zero-order valence-corrected chi connectivity index (χ0v) is 14.2. The first-order chi connectivity index (χ1) is 11.4. The Kier molecular flexibility index (Phi) is 5.35. The normalized spacial score (nSPS) is 14.0. The summed E-state index contributed by atoms with van der Waals surface area (Å²) in [5.74, 6) is 3.16. The maximum Gasteiger partial charge on any atom is 0.146 e. The highest BCUT2D eigenvalue weighted by molar-refractivity contribution is 7.80. The fourth-order valence-electron chi connectivity index (χ4n) is 2.00. The van der Waals surface area contributed by atoms with Crippen LogP contribution in [0, 0.1) is 23.7 Å². The van der Waals surface area contributed by atoms with E-state index in [9.17, 15) is 5.11 Å². The van der Waals surface area contributed by atoms with E-state index >= 15 is 0 Å². The van der Waals surface area contributed by atoms with E-state index in [0.29, 0.717) is 16.3 Å². The highest BCUT2D eigenvalue weighted by atomic mass is 32.1. The van der Waals surface area contributed by atoms with Gasteiger partial charge in [-0.05, 0) is 38.1 Å². The summed E-state index contributed by atoms with van der Waals surface area (Å²) < 4.78 is 5.82. The van der Waals surface area contributed by atoms with Crippen LogP contribution in [0.3, 0.4) is 0 Å². The van der Waals surface area contributed by atoms with E-state index in [4.69, 9.17) is 28.6 Å². The Morgan fingerprint density at radius 2 is 2.29 bits per heavy atom. The van der Waals surface area contributed by atoms with Crippen LogP contribution in [0.4, 0.5) is 0 Å². The number of terminal acetylenes is 1. The lowest BCUT2D eigenvalue weighted by Gasteiger charge is -2.25. The number of ether oxygens (including phenoxy) is 1. The number of aromatic nitrogens is 1. The summed E-state index contributed by atoms with van der Waals surface area (Å²) in [4.78, 5) is 4.61. The molecule has 2 aromatic rings. The molecule has 0 aliphatic heterocycles. The first-order valence-electron chi connectivity index (χ1n) is 7.28. The van der Waals surface area contributed by atoms with Crippen LogP contribution in [0.1, 0.15) is 19.4 Å². The molecule has 122 valence electrons. The molecule has 2 N–H and O–H groups in total. The lowest BCUT2D eigenvalue weighted by atomic mass is 10.1. The van der Waals surface area contributed by atoms with Crippen molar-refractivity contribution < 1.29 is 9.84 Å². The molecule has 1 aromatic heterocycles. The van der Waals surface area contributed by atoms with Crippen molar-refractivity contribution >= 4 is 28.1 Å². The Hall–Kier alpha value is -2.67.